The first-order chi connectivity index (χ1) is 12.8. The summed E-state index contributed by atoms with van der Waals surface area (Å²) in [4.78, 5) is 37.6. The molecule has 2 aliphatic rings. The molecule has 1 aromatic carbocycles. The molecule has 0 aromatic heterocycles. The minimum atomic E-state index is -3.31. The molecule has 1 saturated heterocycles. The highest BCUT2D eigenvalue weighted by Gasteiger charge is 2.36. The molecule has 8 nitrogen and oxygen atoms in total. The fraction of sp³-hybridized carbons (Fsp3) is 0.235. The molecule has 2 heterocycles. The number of ether oxygens (including phenoxy) is 1. The van der Waals surface area contributed by atoms with Crippen LogP contribution in [0.5, 0.6) is 5.75 Å². The fourth-order valence-electron chi connectivity index (χ4n) is 2.58. The molecule has 0 unspecified atom stereocenters. The molecule has 27 heavy (non-hydrogen) atoms. The second-order valence-electron chi connectivity index (χ2n) is 5.88. The third-order valence-corrected chi connectivity index (χ3v) is 6.15. The lowest BCUT2D eigenvalue weighted by Gasteiger charge is -2.14. The molecular formula is C17H16N2O6S2. The molecule has 0 aliphatic carbocycles. The molecule has 10 heteroatoms. The Bertz CT molecular complexity index is 967. The molecule has 0 bridgehead atoms. The molecule has 0 radical (unpaired) electrons. The summed E-state index contributed by atoms with van der Waals surface area (Å²) in [5, 5.41) is 2.97. The lowest BCUT2D eigenvalue weighted by molar-refractivity contribution is -0.129. The molecule has 1 atom stereocenters. The third-order valence-electron chi connectivity index (χ3n) is 3.84. The Morgan fingerprint density at radius 2 is 2.19 bits per heavy atom. The normalized spacial score (nSPS) is 22.5. The van der Waals surface area contributed by atoms with E-state index in [0.717, 1.165) is 22.1 Å². The van der Waals surface area contributed by atoms with E-state index in [1.807, 2.05) is 0 Å². The zero-order valence-corrected chi connectivity index (χ0v) is 15.9. The topological polar surface area (TPSA) is 110 Å². The van der Waals surface area contributed by atoms with Crippen LogP contribution >= 0.6 is 11.8 Å². The van der Waals surface area contributed by atoms with Gasteiger partial charge in [-0.1, -0.05) is 12.1 Å². The van der Waals surface area contributed by atoms with Gasteiger partial charge in [-0.25, -0.2) is 8.42 Å². The molecule has 2 aliphatic heterocycles. The van der Waals surface area contributed by atoms with Gasteiger partial charge in [0, 0.05) is 5.41 Å². The summed E-state index contributed by atoms with van der Waals surface area (Å²) in [6, 6.07) is 6.33. The number of hydrogen-bond acceptors (Lipinski definition) is 7. The number of amides is 3. The van der Waals surface area contributed by atoms with Crippen LogP contribution in [0.2, 0.25) is 0 Å². The molecular weight excluding hydrogens is 392 g/mol. The maximum absolute atomic E-state index is 12.4. The van der Waals surface area contributed by atoms with Gasteiger partial charge in [0.1, 0.15) is 12.3 Å². The van der Waals surface area contributed by atoms with Crippen molar-refractivity contribution in [3.8, 4) is 5.75 Å². The Balaban J connectivity index is 1.66. The molecule has 0 spiro atoms. The first-order valence-corrected chi connectivity index (χ1v) is 10.4. The Hall–Kier alpha value is -2.59. The van der Waals surface area contributed by atoms with Gasteiger partial charge in [0.15, 0.2) is 9.84 Å². The number of nitrogens with one attached hydrogen (secondary N) is 1. The van der Waals surface area contributed by atoms with E-state index in [2.05, 4.69) is 5.32 Å². The fourth-order valence-corrected chi connectivity index (χ4v) is 4.65. The van der Waals surface area contributed by atoms with Crippen LogP contribution in [0.1, 0.15) is 5.56 Å². The van der Waals surface area contributed by atoms with Crippen molar-refractivity contribution in [2.45, 2.75) is 6.04 Å². The van der Waals surface area contributed by atoms with E-state index in [1.165, 1.54) is 13.2 Å². The van der Waals surface area contributed by atoms with Crippen LogP contribution in [0.3, 0.4) is 0 Å². The lowest BCUT2D eigenvalue weighted by Crippen LogP contribution is -2.43. The molecule has 142 valence electrons. The van der Waals surface area contributed by atoms with Crippen molar-refractivity contribution in [2.75, 3.05) is 19.4 Å². The first-order valence-electron chi connectivity index (χ1n) is 7.87. The van der Waals surface area contributed by atoms with Crippen LogP contribution in [-0.4, -0.2) is 55.8 Å². The summed E-state index contributed by atoms with van der Waals surface area (Å²) in [7, 11) is -1.78. The van der Waals surface area contributed by atoms with Crippen LogP contribution < -0.4 is 10.1 Å². The molecule has 3 amide bonds. The van der Waals surface area contributed by atoms with Gasteiger partial charge in [-0.15, -0.1) is 0 Å². The van der Waals surface area contributed by atoms with Gasteiger partial charge in [-0.05, 0) is 41.6 Å². The van der Waals surface area contributed by atoms with Gasteiger partial charge >= 0.3 is 0 Å². The van der Waals surface area contributed by atoms with Crippen LogP contribution in [0, 0.1) is 0 Å². The van der Waals surface area contributed by atoms with E-state index in [4.69, 9.17) is 4.74 Å². The molecule has 1 fully saturated rings. The molecule has 0 saturated carbocycles. The van der Waals surface area contributed by atoms with Crippen LogP contribution in [0.25, 0.3) is 6.08 Å². The number of nitrogens with zero attached hydrogens (tertiary/aromatic N) is 1. The summed E-state index contributed by atoms with van der Waals surface area (Å²) in [5.41, 5.74) is 0.686. The predicted octanol–water partition coefficient (Wildman–Crippen LogP) is 1.16. The van der Waals surface area contributed by atoms with Crippen LogP contribution in [0.4, 0.5) is 4.79 Å². The highest BCUT2D eigenvalue weighted by molar-refractivity contribution is 8.18. The zero-order valence-electron chi connectivity index (χ0n) is 14.2. The standard InChI is InChI=1S/C17H16N2O6S2/c1-25-13-4-2-3-11(7-13)8-14-16(21)19(17(22)26-14)9-15(20)18-12-5-6-27(23,24)10-12/h2-8,12H,9-10H2,1H3,(H,18,20)/b14-8-/t12-/m0/s1. The van der Waals surface area contributed by atoms with Gasteiger partial charge in [-0.2, -0.15) is 0 Å². The minimum absolute atomic E-state index is 0.199. The number of rotatable bonds is 5. The zero-order chi connectivity index (χ0) is 19.6. The van der Waals surface area contributed by atoms with E-state index in [9.17, 15) is 22.8 Å². The Labute approximate surface area is 160 Å². The summed E-state index contributed by atoms with van der Waals surface area (Å²) in [5.74, 6) is -0.790. The lowest BCUT2D eigenvalue weighted by atomic mass is 10.2. The van der Waals surface area contributed by atoms with Crippen LogP contribution in [-0.2, 0) is 19.4 Å². The summed E-state index contributed by atoms with van der Waals surface area (Å²) < 4.78 is 27.8. The Morgan fingerprint density at radius 1 is 1.41 bits per heavy atom. The van der Waals surface area contributed by atoms with Crippen LogP contribution in [0.15, 0.2) is 40.7 Å². The highest BCUT2D eigenvalue weighted by Crippen LogP contribution is 2.32. The van der Waals surface area contributed by atoms with Gasteiger partial charge in [-0.3, -0.25) is 19.3 Å². The van der Waals surface area contributed by atoms with E-state index >= 15 is 0 Å². The van der Waals surface area contributed by atoms with Gasteiger partial charge < -0.3 is 10.1 Å². The largest absolute Gasteiger partial charge is 0.497 e. The quantitative estimate of drug-likeness (QED) is 0.728. The van der Waals surface area contributed by atoms with E-state index in [1.54, 1.807) is 30.3 Å². The summed E-state index contributed by atoms with van der Waals surface area (Å²) >= 11 is 0.742. The monoisotopic (exact) mass is 408 g/mol. The molecule has 1 N–H and O–H groups in total. The maximum Gasteiger partial charge on any atom is 0.294 e. The number of thioether (sulfide) groups is 1. The Morgan fingerprint density at radius 3 is 2.85 bits per heavy atom. The number of sulfone groups is 1. The summed E-state index contributed by atoms with van der Waals surface area (Å²) in [6.07, 6.45) is 2.92. The van der Waals surface area contributed by atoms with E-state index in [0.29, 0.717) is 11.3 Å². The van der Waals surface area contributed by atoms with Gasteiger partial charge in [0.2, 0.25) is 5.91 Å². The Kier molecular flexibility index (Phi) is 5.38. The SMILES string of the molecule is COc1cccc(/C=C2\SC(=O)N(CC(=O)N[C@H]3C=CS(=O)(=O)C3)C2=O)c1. The second-order valence-corrected chi connectivity index (χ2v) is 8.80. The van der Waals surface area contributed by atoms with Crippen molar-refractivity contribution >= 4 is 44.7 Å². The number of imide groups is 1. The predicted molar refractivity (Wildman–Crippen MR) is 101 cm³/mol. The highest BCUT2D eigenvalue weighted by atomic mass is 32.2. The van der Waals surface area contributed by atoms with E-state index in [-0.39, 0.29) is 10.7 Å². The number of benzene rings is 1. The van der Waals surface area contributed by atoms with Crippen molar-refractivity contribution in [1.29, 1.82) is 0 Å². The van der Waals surface area contributed by atoms with Crippen molar-refractivity contribution in [3.05, 3.63) is 46.2 Å². The van der Waals surface area contributed by atoms with Crippen molar-refractivity contribution in [2.24, 2.45) is 0 Å². The molecule has 1 aromatic rings. The minimum Gasteiger partial charge on any atom is -0.497 e. The smallest absolute Gasteiger partial charge is 0.294 e. The second kappa shape index (κ2) is 7.57. The average molecular weight is 408 g/mol. The number of hydrogen-bond donors (Lipinski definition) is 1. The third kappa shape index (κ3) is 4.58. The first kappa shape index (κ1) is 19.2. The van der Waals surface area contributed by atoms with Gasteiger partial charge in [0.05, 0.1) is 23.8 Å². The average Bonchev–Trinajstić information content (AvgIpc) is 3.08. The van der Waals surface area contributed by atoms with E-state index < -0.39 is 39.5 Å². The van der Waals surface area contributed by atoms with Crippen molar-refractivity contribution in [1.82, 2.24) is 10.2 Å². The van der Waals surface area contributed by atoms with Crippen molar-refractivity contribution < 1.29 is 27.5 Å². The number of carbonyl (C=O) groups is 3. The molecule has 3 rings (SSSR count). The van der Waals surface area contributed by atoms with Gasteiger partial charge in [0.25, 0.3) is 11.1 Å². The maximum atomic E-state index is 12.4. The summed E-state index contributed by atoms with van der Waals surface area (Å²) in [6.45, 7) is -0.468. The number of methoxy groups -OCH3 is 1. The van der Waals surface area contributed by atoms with Crippen molar-refractivity contribution in [3.63, 3.8) is 0 Å². The number of carbonyl (C=O) groups excluding carboxylic acids is 3.